The number of amides is 2. The Morgan fingerprint density at radius 2 is 1.81 bits per heavy atom. The molecule has 2 aromatic rings. The first kappa shape index (κ1) is 24.1. The lowest BCUT2D eigenvalue weighted by Crippen LogP contribution is -2.40. The van der Waals surface area contributed by atoms with Gasteiger partial charge in [-0.3, -0.25) is 9.59 Å². The number of nitrogens with zero attached hydrogens (tertiary/aromatic N) is 1. The highest BCUT2D eigenvalue weighted by molar-refractivity contribution is 6.31. The predicted octanol–water partition coefficient (Wildman–Crippen LogP) is 4.66. The van der Waals surface area contributed by atoms with Crippen LogP contribution >= 0.6 is 11.6 Å². The van der Waals surface area contributed by atoms with Crippen LogP contribution in [0.5, 0.6) is 0 Å². The fourth-order valence-electron chi connectivity index (χ4n) is 3.88. The minimum atomic E-state index is -4.55. The number of alkyl halides is 3. The number of halogens is 4. The van der Waals surface area contributed by atoms with Gasteiger partial charge in [-0.1, -0.05) is 11.6 Å². The van der Waals surface area contributed by atoms with E-state index < -0.39 is 11.9 Å². The van der Waals surface area contributed by atoms with Crippen LogP contribution in [0.3, 0.4) is 0 Å². The van der Waals surface area contributed by atoms with Gasteiger partial charge < -0.3 is 16.0 Å². The first-order valence-corrected chi connectivity index (χ1v) is 11.0. The molecule has 3 rings (SSSR count). The van der Waals surface area contributed by atoms with Gasteiger partial charge in [0.1, 0.15) is 5.69 Å². The largest absolute Gasteiger partial charge is 0.433 e. The summed E-state index contributed by atoms with van der Waals surface area (Å²) in [5.41, 5.74) is -0.364. The highest BCUT2D eigenvalue weighted by Gasteiger charge is 2.34. The molecule has 32 heavy (non-hydrogen) atoms. The minimum Gasteiger partial charge on any atom is -0.382 e. The number of aromatic nitrogens is 1. The summed E-state index contributed by atoms with van der Waals surface area (Å²) in [5.74, 6) is -0.181. The molecule has 0 radical (unpaired) electrons. The summed E-state index contributed by atoms with van der Waals surface area (Å²) in [6.45, 7) is 1.89. The summed E-state index contributed by atoms with van der Waals surface area (Å²) < 4.78 is 39.9. The third kappa shape index (κ3) is 6.72. The Balaban J connectivity index is 1.58. The molecule has 174 valence electrons. The fraction of sp³-hybridized carbons (Fsp3) is 0.500. The van der Waals surface area contributed by atoms with Crippen molar-refractivity contribution >= 4 is 40.0 Å². The van der Waals surface area contributed by atoms with Crippen molar-refractivity contribution in [3.05, 3.63) is 35.0 Å². The Labute approximate surface area is 189 Å². The van der Waals surface area contributed by atoms with Gasteiger partial charge in [0.15, 0.2) is 0 Å². The molecule has 0 spiro atoms. The van der Waals surface area contributed by atoms with E-state index in [9.17, 15) is 22.8 Å². The monoisotopic (exact) mass is 470 g/mol. The van der Waals surface area contributed by atoms with Crippen molar-refractivity contribution in [3.63, 3.8) is 0 Å². The van der Waals surface area contributed by atoms with Crippen LogP contribution in [0.1, 0.15) is 51.1 Å². The van der Waals surface area contributed by atoms with Crippen LogP contribution in [0, 0.1) is 0 Å². The molecule has 0 atom stereocenters. The topological polar surface area (TPSA) is 83.1 Å². The fourth-order valence-corrected chi connectivity index (χ4v) is 4.05. The maximum Gasteiger partial charge on any atom is 0.433 e. The van der Waals surface area contributed by atoms with Gasteiger partial charge in [0.25, 0.3) is 0 Å². The molecule has 10 heteroatoms. The van der Waals surface area contributed by atoms with Crippen molar-refractivity contribution in [1.82, 2.24) is 15.6 Å². The lowest BCUT2D eigenvalue weighted by Gasteiger charge is -2.30. The van der Waals surface area contributed by atoms with Crippen LogP contribution < -0.4 is 16.0 Å². The van der Waals surface area contributed by atoms with Gasteiger partial charge in [0, 0.05) is 48.1 Å². The number of carbonyl (C=O) groups is 2. The number of rotatable bonds is 7. The average Bonchev–Trinajstić information content (AvgIpc) is 2.72. The molecule has 1 heterocycles. The normalized spacial score (nSPS) is 18.9. The molecule has 3 N–H and O–H groups in total. The standard InChI is InChI=1S/C22H26ClF3N4O2/c1-13(31)27-10-2-3-21(32)29-16-7-5-15(6-8-16)28-19-12-20(22(24,25)26)30-18-9-4-14(23)11-17(18)19/h4,9,11-12,15-16H,2-3,5-8,10H2,1H3,(H,27,31)(H,28,30)(H,29,32)/t15-,16+. The molecule has 2 amide bonds. The number of anilines is 1. The Bertz CT molecular complexity index is 976. The van der Waals surface area contributed by atoms with Gasteiger partial charge >= 0.3 is 6.18 Å². The maximum atomic E-state index is 13.3. The van der Waals surface area contributed by atoms with Gasteiger partial charge in [0.2, 0.25) is 11.8 Å². The maximum absolute atomic E-state index is 13.3. The van der Waals surface area contributed by atoms with Crippen LogP contribution in [0.15, 0.2) is 24.3 Å². The molecular weight excluding hydrogens is 445 g/mol. The SMILES string of the molecule is CC(=O)NCCCC(=O)N[C@H]1CC[C@@H](Nc2cc(C(F)(F)F)nc3ccc(Cl)cc23)CC1. The van der Waals surface area contributed by atoms with Crippen LogP contribution in [-0.4, -0.2) is 35.4 Å². The second-order valence-electron chi connectivity index (χ2n) is 8.06. The Kier molecular flexibility index (Phi) is 7.82. The van der Waals surface area contributed by atoms with E-state index in [0.29, 0.717) is 48.3 Å². The minimum absolute atomic E-state index is 0.0198. The van der Waals surface area contributed by atoms with E-state index in [2.05, 4.69) is 20.9 Å². The van der Waals surface area contributed by atoms with Crippen molar-refractivity contribution in [2.45, 2.75) is 63.7 Å². The lowest BCUT2D eigenvalue weighted by atomic mass is 9.90. The summed E-state index contributed by atoms with van der Waals surface area (Å²) >= 11 is 6.05. The second kappa shape index (κ2) is 10.4. The van der Waals surface area contributed by atoms with E-state index in [4.69, 9.17) is 11.6 Å². The number of hydrogen-bond acceptors (Lipinski definition) is 4. The molecule has 0 unspecified atom stereocenters. The van der Waals surface area contributed by atoms with Crippen LogP contribution in [0.25, 0.3) is 10.9 Å². The zero-order valence-electron chi connectivity index (χ0n) is 17.7. The van der Waals surface area contributed by atoms with E-state index in [1.165, 1.54) is 19.1 Å². The van der Waals surface area contributed by atoms with Gasteiger partial charge in [-0.05, 0) is 56.4 Å². The summed E-state index contributed by atoms with van der Waals surface area (Å²) in [6, 6.07) is 5.66. The lowest BCUT2D eigenvalue weighted by molar-refractivity contribution is -0.141. The summed E-state index contributed by atoms with van der Waals surface area (Å²) in [5, 5.41) is 9.86. The van der Waals surface area contributed by atoms with Gasteiger partial charge in [-0.25, -0.2) is 4.98 Å². The average molecular weight is 471 g/mol. The molecule has 1 aromatic heterocycles. The third-order valence-corrected chi connectivity index (χ3v) is 5.70. The number of carbonyl (C=O) groups excluding carboxylic acids is 2. The first-order chi connectivity index (χ1) is 15.1. The molecule has 0 aliphatic heterocycles. The molecule has 1 saturated carbocycles. The van der Waals surface area contributed by atoms with Crippen LogP contribution in [0.4, 0.5) is 18.9 Å². The molecule has 1 aliphatic carbocycles. The molecule has 1 aromatic carbocycles. The van der Waals surface area contributed by atoms with Crippen molar-refractivity contribution in [3.8, 4) is 0 Å². The van der Waals surface area contributed by atoms with E-state index in [1.807, 2.05) is 0 Å². The van der Waals surface area contributed by atoms with Gasteiger partial charge in [0.05, 0.1) is 5.52 Å². The summed E-state index contributed by atoms with van der Waals surface area (Å²) in [4.78, 5) is 26.6. The van der Waals surface area contributed by atoms with Crippen LogP contribution in [0.2, 0.25) is 5.02 Å². The highest BCUT2D eigenvalue weighted by Crippen LogP contribution is 2.35. The molecule has 1 fully saturated rings. The van der Waals surface area contributed by atoms with Crippen molar-refractivity contribution in [2.24, 2.45) is 0 Å². The van der Waals surface area contributed by atoms with Crippen LogP contribution in [-0.2, 0) is 15.8 Å². The second-order valence-corrected chi connectivity index (χ2v) is 8.50. The van der Waals surface area contributed by atoms with E-state index in [-0.39, 0.29) is 29.4 Å². The number of nitrogens with one attached hydrogen (secondary N) is 3. The van der Waals surface area contributed by atoms with E-state index >= 15 is 0 Å². The molecule has 1 aliphatic rings. The van der Waals surface area contributed by atoms with Gasteiger partial charge in [-0.15, -0.1) is 0 Å². The third-order valence-electron chi connectivity index (χ3n) is 5.47. The Hall–Kier alpha value is -2.55. The Morgan fingerprint density at radius 1 is 1.12 bits per heavy atom. The van der Waals surface area contributed by atoms with E-state index in [1.54, 1.807) is 6.07 Å². The zero-order chi connectivity index (χ0) is 23.3. The molecule has 0 bridgehead atoms. The number of fused-ring (bicyclic) bond motifs is 1. The number of pyridine rings is 1. The smallest absolute Gasteiger partial charge is 0.382 e. The highest BCUT2D eigenvalue weighted by atomic mass is 35.5. The quantitative estimate of drug-likeness (QED) is 0.514. The summed E-state index contributed by atoms with van der Waals surface area (Å²) in [6.07, 6.45) is -0.767. The first-order valence-electron chi connectivity index (χ1n) is 10.6. The number of hydrogen-bond donors (Lipinski definition) is 3. The molecule has 6 nitrogen and oxygen atoms in total. The Morgan fingerprint density at radius 3 is 2.47 bits per heavy atom. The van der Waals surface area contributed by atoms with Gasteiger partial charge in [-0.2, -0.15) is 13.2 Å². The summed E-state index contributed by atoms with van der Waals surface area (Å²) in [7, 11) is 0. The number of benzene rings is 1. The van der Waals surface area contributed by atoms with Crippen molar-refractivity contribution < 1.29 is 22.8 Å². The molecule has 0 saturated heterocycles. The van der Waals surface area contributed by atoms with E-state index in [0.717, 1.165) is 18.9 Å². The van der Waals surface area contributed by atoms with Crippen molar-refractivity contribution in [1.29, 1.82) is 0 Å². The zero-order valence-corrected chi connectivity index (χ0v) is 18.4. The van der Waals surface area contributed by atoms with Crippen molar-refractivity contribution in [2.75, 3.05) is 11.9 Å². The predicted molar refractivity (Wildman–Crippen MR) is 117 cm³/mol. The molecular formula is C22H26ClF3N4O2.